The Balaban J connectivity index is 1.43. The number of morpholine rings is 1. The third kappa shape index (κ3) is 4.58. The molecule has 0 unspecified atom stereocenters. The van der Waals surface area contributed by atoms with Crippen LogP contribution in [0.5, 0.6) is 0 Å². The van der Waals surface area contributed by atoms with Gasteiger partial charge in [-0.2, -0.15) is 0 Å². The van der Waals surface area contributed by atoms with Gasteiger partial charge in [-0.05, 0) is 17.9 Å². The SMILES string of the molecule is O=C(CCc1cccs1)N1CCN(C(=O)C(=O)N2CCOCC2)CC1. The van der Waals surface area contributed by atoms with Crippen molar-refractivity contribution >= 4 is 29.1 Å². The minimum atomic E-state index is -0.465. The maximum absolute atomic E-state index is 12.3. The smallest absolute Gasteiger partial charge is 0.312 e. The van der Waals surface area contributed by atoms with Gasteiger partial charge in [-0.1, -0.05) is 6.07 Å². The molecule has 2 saturated heterocycles. The molecule has 0 radical (unpaired) electrons. The normalized spacial score (nSPS) is 18.3. The van der Waals surface area contributed by atoms with E-state index in [2.05, 4.69) is 0 Å². The van der Waals surface area contributed by atoms with Crippen LogP contribution in [0.1, 0.15) is 11.3 Å². The largest absolute Gasteiger partial charge is 0.378 e. The van der Waals surface area contributed by atoms with Crippen molar-refractivity contribution in [3.63, 3.8) is 0 Å². The molecule has 0 spiro atoms. The van der Waals surface area contributed by atoms with Crippen LogP contribution in [-0.4, -0.2) is 84.9 Å². The van der Waals surface area contributed by atoms with Crippen molar-refractivity contribution < 1.29 is 19.1 Å². The van der Waals surface area contributed by atoms with E-state index in [1.54, 1.807) is 26.0 Å². The molecule has 2 fully saturated rings. The van der Waals surface area contributed by atoms with Crippen molar-refractivity contribution in [3.05, 3.63) is 22.4 Å². The van der Waals surface area contributed by atoms with Gasteiger partial charge in [0.2, 0.25) is 5.91 Å². The highest BCUT2D eigenvalue weighted by Gasteiger charge is 2.31. The maximum atomic E-state index is 12.3. The molecular formula is C17H23N3O4S. The highest BCUT2D eigenvalue weighted by Crippen LogP contribution is 2.13. The van der Waals surface area contributed by atoms with Crippen LogP contribution in [0.3, 0.4) is 0 Å². The standard InChI is InChI=1S/C17H23N3O4S/c21-15(4-3-14-2-1-13-25-14)18-5-7-19(8-6-18)16(22)17(23)20-9-11-24-12-10-20/h1-2,13H,3-12H2. The molecule has 7 nitrogen and oxygen atoms in total. The molecule has 25 heavy (non-hydrogen) atoms. The van der Waals surface area contributed by atoms with E-state index in [0.717, 1.165) is 6.42 Å². The molecule has 2 aliphatic rings. The first-order valence-corrected chi connectivity index (χ1v) is 9.49. The molecule has 0 atom stereocenters. The van der Waals surface area contributed by atoms with E-state index >= 15 is 0 Å². The number of hydrogen-bond donors (Lipinski definition) is 0. The monoisotopic (exact) mass is 365 g/mol. The summed E-state index contributed by atoms with van der Waals surface area (Å²) in [6.07, 6.45) is 1.24. The molecule has 8 heteroatoms. The first kappa shape index (κ1) is 17.9. The number of aryl methyl sites for hydroxylation is 1. The van der Waals surface area contributed by atoms with E-state index in [0.29, 0.717) is 58.9 Å². The predicted octanol–water partition coefficient (Wildman–Crippen LogP) is 0.210. The van der Waals surface area contributed by atoms with E-state index in [-0.39, 0.29) is 5.91 Å². The van der Waals surface area contributed by atoms with E-state index in [9.17, 15) is 14.4 Å². The Morgan fingerprint density at radius 1 is 0.920 bits per heavy atom. The Morgan fingerprint density at radius 2 is 1.52 bits per heavy atom. The molecule has 0 saturated carbocycles. The summed E-state index contributed by atoms with van der Waals surface area (Å²) in [6, 6.07) is 4.02. The first-order chi connectivity index (χ1) is 12.1. The highest BCUT2D eigenvalue weighted by atomic mass is 32.1. The quantitative estimate of drug-likeness (QED) is 0.718. The van der Waals surface area contributed by atoms with Gasteiger partial charge in [0, 0.05) is 50.6 Å². The van der Waals surface area contributed by atoms with E-state index in [1.807, 2.05) is 17.5 Å². The summed E-state index contributed by atoms with van der Waals surface area (Å²) in [5, 5.41) is 2.01. The van der Waals surface area contributed by atoms with Gasteiger partial charge in [0.1, 0.15) is 0 Å². The van der Waals surface area contributed by atoms with Gasteiger partial charge in [0.15, 0.2) is 0 Å². The molecule has 3 rings (SSSR count). The lowest BCUT2D eigenvalue weighted by Crippen LogP contribution is -2.55. The number of thiophene rings is 1. The zero-order valence-electron chi connectivity index (χ0n) is 14.2. The molecule has 3 heterocycles. The summed E-state index contributed by atoms with van der Waals surface area (Å²) in [7, 11) is 0. The van der Waals surface area contributed by atoms with Crippen LogP contribution in [0.2, 0.25) is 0 Å². The van der Waals surface area contributed by atoms with Crippen molar-refractivity contribution in [2.24, 2.45) is 0 Å². The molecule has 0 bridgehead atoms. The fourth-order valence-electron chi connectivity index (χ4n) is 3.04. The Kier molecular flexibility index (Phi) is 6.04. The van der Waals surface area contributed by atoms with Crippen LogP contribution in [-0.2, 0) is 25.5 Å². The fraction of sp³-hybridized carbons (Fsp3) is 0.588. The van der Waals surface area contributed by atoms with Crippen LogP contribution in [0.25, 0.3) is 0 Å². The van der Waals surface area contributed by atoms with Crippen molar-refractivity contribution in [1.82, 2.24) is 14.7 Å². The Morgan fingerprint density at radius 3 is 2.12 bits per heavy atom. The summed E-state index contributed by atoms with van der Waals surface area (Å²) in [6.45, 7) is 3.70. The van der Waals surface area contributed by atoms with Crippen LogP contribution in [0.4, 0.5) is 0 Å². The minimum Gasteiger partial charge on any atom is -0.378 e. The topological polar surface area (TPSA) is 70.2 Å². The summed E-state index contributed by atoms with van der Waals surface area (Å²) < 4.78 is 5.20. The van der Waals surface area contributed by atoms with Crippen LogP contribution >= 0.6 is 11.3 Å². The van der Waals surface area contributed by atoms with Crippen LogP contribution in [0.15, 0.2) is 17.5 Å². The zero-order valence-corrected chi connectivity index (χ0v) is 15.0. The van der Waals surface area contributed by atoms with Gasteiger partial charge in [-0.25, -0.2) is 0 Å². The molecule has 0 aliphatic carbocycles. The Hall–Kier alpha value is -1.93. The molecular weight excluding hydrogens is 342 g/mol. The molecule has 3 amide bonds. The second-order valence-corrected chi connectivity index (χ2v) is 7.19. The van der Waals surface area contributed by atoms with Gasteiger partial charge in [0.25, 0.3) is 0 Å². The molecule has 0 N–H and O–H groups in total. The van der Waals surface area contributed by atoms with Gasteiger partial charge < -0.3 is 19.4 Å². The number of carbonyl (C=O) groups excluding carboxylic acids is 3. The average Bonchev–Trinajstić information content (AvgIpc) is 3.19. The summed E-state index contributed by atoms with van der Waals surface area (Å²) in [5.41, 5.74) is 0. The minimum absolute atomic E-state index is 0.111. The lowest BCUT2D eigenvalue weighted by atomic mass is 10.2. The Labute approximate surface area is 151 Å². The number of rotatable bonds is 3. The fourth-order valence-corrected chi connectivity index (χ4v) is 3.75. The maximum Gasteiger partial charge on any atom is 0.312 e. The zero-order chi connectivity index (χ0) is 17.6. The number of piperazine rings is 1. The molecule has 0 aromatic carbocycles. The second kappa shape index (κ2) is 8.44. The van der Waals surface area contributed by atoms with E-state index < -0.39 is 11.8 Å². The van der Waals surface area contributed by atoms with Gasteiger partial charge in [-0.15, -0.1) is 11.3 Å². The number of carbonyl (C=O) groups is 3. The number of amides is 3. The number of hydrogen-bond acceptors (Lipinski definition) is 5. The molecule has 2 aliphatic heterocycles. The average molecular weight is 365 g/mol. The van der Waals surface area contributed by atoms with Crippen molar-refractivity contribution in [3.8, 4) is 0 Å². The lowest BCUT2D eigenvalue weighted by molar-refractivity contribution is -0.155. The van der Waals surface area contributed by atoms with Crippen LogP contribution < -0.4 is 0 Å². The molecule has 1 aromatic heterocycles. The van der Waals surface area contributed by atoms with Crippen molar-refractivity contribution in [2.75, 3.05) is 52.5 Å². The van der Waals surface area contributed by atoms with Crippen LogP contribution in [0, 0.1) is 0 Å². The first-order valence-electron chi connectivity index (χ1n) is 8.61. The highest BCUT2D eigenvalue weighted by molar-refractivity contribution is 7.09. The summed E-state index contributed by atoms with van der Waals surface area (Å²) in [4.78, 5) is 43.0. The number of nitrogens with zero attached hydrogens (tertiary/aromatic N) is 3. The third-order valence-electron chi connectivity index (χ3n) is 4.57. The van der Waals surface area contributed by atoms with Gasteiger partial charge in [0.05, 0.1) is 13.2 Å². The summed E-state index contributed by atoms with van der Waals surface area (Å²) in [5.74, 6) is -0.812. The van der Waals surface area contributed by atoms with E-state index in [1.165, 1.54) is 4.88 Å². The molecule has 136 valence electrons. The van der Waals surface area contributed by atoms with Gasteiger partial charge in [-0.3, -0.25) is 14.4 Å². The number of ether oxygens (including phenoxy) is 1. The molecule has 1 aromatic rings. The predicted molar refractivity (Wildman–Crippen MR) is 93.2 cm³/mol. The third-order valence-corrected chi connectivity index (χ3v) is 5.50. The van der Waals surface area contributed by atoms with Crippen molar-refractivity contribution in [2.45, 2.75) is 12.8 Å². The van der Waals surface area contributed by atoms with E-state index in [4.69, 9.17) is 4.74 Å². The Bertz CT molecular complexity index is 605. The summed E-state index contributed by atoms with van der Waals surface area (Å²) >= 11 is 1.66. The van der Waals surface area contributed by atoms with Gasteiger partial charge >= 0.3 is 11.8 Å². The lowest BCUT2D eigenvalue weighted by Gasteiger charge is -2.36. The van der Waals surface area contributed by atoms with Crippen molar-refractivity contribution in [1.29, 1.82) is 0 Å². The second-order valence-electron chi connectivity index (χ2n) is 6.16.